The van der Waals surface area contributed by atoms with E-state index in [0.717, 1.165) is 12.1 Å². The van der Waals surface area contributed by atoms with Crippen LogP contribution in [0.4, 0.5) is 13.2 Å². The fourth-order valence-electron chi connectivity index (χ4n) is 2.94. The Kier molecular flexibility index (Phi) is 3.91. The Balaban J connectivity index is 1.93. The Morgan fingerprint density at radius 3 is 2.41 bits per heavy atom. The zero-order chi connectivity index (χ0) is 19.2. The third-order valence-corrected chi connectivity index (χ3v) is 4.19. The van der Waals surface area contributed by atoms with Crippen molar-refractivity contribution in [2.75, 3.05) is 13.2 Å². The van der Waals surface area contributed by atoms with Gasteiger partial charge in [-0.05, 0) is 24.3 Å². The van der Waals surface area contributed by atoms with E-state index in [1.807, 2.05) is 0 Å². The SMILES string of the molecule is O=C(O)c1cc(-c2cccc(C(F)(F)F)c2)nc2cc3c(cc12)OCCO3. The molecular weight excluding hydrogens is 363 g/mol. The molecule has 0 saturated heterocycles. The van der Waals surface area contributed by atoms with Crippen LogP contribution in [0, 0.1) is 0 Å². The summed E-state index contributed by atoms with van der Waals surface area (Å²) in [5.74, 6) is -0.393. The average molecular weight is 375 g/mol. The van der Waals surface area contributed by atoms with Crippen LogP contribution in [0.3, 0.4) is 0 Å². The minimum absolute atomic E-state index is 0.0793. The highest BCUT2D eigenvalue weighted by atomic mass is 19.4. The van der Waals surface area contributed by atoms with Gasteiger partial charge in [0.1, 0.15) is 13.2 Å². The molecule has 0 radical (unpaired) electrons. The Hall–Kier alpha value is -3.29. The van der Waals surface area contributed by atoms with E-state index in [2.05, 4.69) is 4.98 Å². The number of aromatic nitrogens is 1. The maximum Gasteiger partial charge on any atom is 0.416 e. The lowest BCUT2D eigenvalue weighted by atomic mass is 10.0. The van der Waals surface area contributed by atoms with E-state index in [9.17, 15) is 23.1 Å². The van der Waals surface area contributed by atoms with Gasteiger partial charge in [0.05, 0.1) is 22.3 Å². The minimum atomic E-state index is -4.51. The van der Waals surface area contributed by atoms with E-state index in [1.165, 1.54) is 30.3 Å². The predicted octanol–water partition coefficient (Wildman–Crippen LogP) is 4.39. The van der Waals surface area contributed by atoms with Gasteiger partial charge in [-0.3, -0.25) is 0 Å². The summed E-state index contributed by atoms with van der Waals surface area (Å²) in [6.07, 6.45) is -4.51. The zero-order valence-corrected chi connectivity index (χ0v) is 13.7. The quantitative estimate of drug-likeness (QED) is 0.720. The van der Waals surface area contributed by atoms with Crippen LogP contribution in [0.15, 0.2) is 42.5 Å². The van der Waals surface area contributed by atoms with Crippen molar-refractivity contribution in [3.05, 3.63) is 53.6 Å². The number of ether oxygens (including phenoxy) is 2. The first kappa shape index (κ1) is 17.1. The van der Waals surface area contributed by atoms with Gasteiger partial charge >= 0.3 is 12.1 Å². The summed E-state index contributed by atoms with van der Waals surface area (Å²) in [5.41, 5.74) is -0.316. The molecule has 0 fully saturated rings. The van der Waals surface area contributed by atoms with Crippen LogP contribution in [0.2, 0.25) is 0 Å². The zero-order valence-electron chi connectivity index (χ0n) is 13.7. The largest absolute Gasteiger partial charge is 0.486 e. The van der Waals surface area contributed by atoms with E-state index in [0.29, 0.717) is 35.6 Å². The molecule has 1 aromatic heterocycles. The topological polar surface area (TPSA) is 68.7 Å². The lowest BCUT2D eigenvalue weighted by Crippen LogP contribution is -2.15. The number of aromatic carboxylic acids is 1. The van der Waals surface area contributed by atoms with Crippen LogP contribution in [-0.4, -0.2) is 29.3 Å². The summed E-state index contributed by atoms with van der Waals surface area (Å²) in [4.78, 5) is 16.1. The van der Waals surface area contributed by atoms with Crippen molar-refractivity contribution >= 4 is 16.9 Å². The number of rotatable bonds is 2. The highest BCUT2D eigenvalue weighted by Gasteiger charge is 2.30. The second kappa shape index (κ2) is 6.15. The molecule has 1 aliphatic rings. The molecule has 0 saturated carbocycles. The van der Waals surface area contributed by atoms with Crippen molar-refractivity contribution in [1.29, 1.82) is 0 Å². The second-order valence-corrected chi connectivity index (χ2v) is 5.95. The Morgan fingerprint density at radius 2 is 1.74 bits per heavy atom. The molecule has 1 aliphatic heterocycles. The van der Waals surface area contributed by atoms with Crippen LogP contribution in [0.25, 0.3) is 22.2 Å². The second-order valence-electron chi connectivity index (χ2n) is 5.95. The average Bonchev–Trinajstić information content (AvgIpc) is 2.64. The number of carboxylic acid groups (broad SMARTS) is 1. The van der Waals surface area contributed by atoms with Gasteiger partial charge in [0.25, 0.3) is 0 Å². The van der Waals surface area contributed by atoms with Crippen LogP contribution in [0.1, 0.15) is 15.9 Å². The normalized spacial score (nSPS) is 13.6. The third kappa shape index (κ3) is 3.14. The first-order valence-electron chi connectivity index (χ1n) is 7.98. The fourth-order valence-corrected chi connectivity index (χ4v) is 2.94. The Bertz CT molecular complexity index is 1060. The van der Waals surface area contributed by atoms with Gasteiger partial charge in [0.2, 0.25) is 0 Å². The summed E-state index contributed by atoms with van der Waals surface area (Å²) in [5, 5.41) is 9.88. The minimum Gasteiger partial charge on any atom is -0.486 e. The fraction of sp³-hybridized carbons (Fsp3) is 0.158. The number of alkyl halides is 3. The maximum atomic E-state index is 13.0. The van der Waals surface area contributed by atoms with Gasteiger partial charge in [-0.1, -0.05) is 12.1 Å². The van der Waals surface area contributed by atoms with Gasteiger partial charge < -0.3 is 14.6 Å². The Morgan fingerprint density at radius 1 is 1.04 bits per heavy atom. The molecule has 27 heavy (non-hydrogen) atoms. The maximum absolute atomic E-state index is 13.0. The van der Waals surface area contributed by atoms with Crippen molar-refractivity contribution in [3.63, 3.8) is 0 Å². The molecular formula is C19H12F3NO4. The molecule has 0 unspecified atom stereocenters. The molecule has 8 heteroatoms. The van der Waals surface area contributed by atoms with Crippen LogP contribution < -0.4 is 9.47 Å². The first-order valence-corrected chi connectivity index (χ1v) is 7.98. The van der Waals surface area contributed by atoms with Gasteiger partial charge in [-0.25, -0.2) is 9.78 Å². The molecule has 0 amide bonds. The number of carbonyl (C=O) groups is 1. The molecule has 2 heterocycles. The van der Waals surface area contributed by atoms with Crippen molar-refractivity contribution in [2.24, 2.45) is 0 Å². The number of nitrogens with zero attached hydrogens (tertiary/aromatic N) is 1. The van der Waals surface area contributed by atoms with E-state index in [1.54, 1.807) is 0 Å². The van der Waals surface area contributed by atoms with Gasteiger partial charge in [0.15, 0.2) is 11.5 Å². The number of hydrogen-bond donors (Lipinski definition) is 1. The summed E-state index contributed by atoms with van der Waals surface area (Å²) in [7, 11) is 0. The number of halogens is 3. The van der Waals surface area contributed by atoms with Crippen molar-refractivity contribution < 1.29 is 32.5 Å². The van der Waals surface area contributed by atoms with E-state index in [4.69, 9.17) is 9.47 Å². The lowest BCUT2D eigenvalue weighted by Gasteiger charge is -2.19. The smallest absolute Gasteiger partial charge is 0.416 e. The van der Waals surface area contributed by atoms with Gasteiger partial charge in [0, 0.05) is 17.0 Å². The molecule has 0 bridgehead atoms. The molecule has 5 nitrogen and oxygen atoms in total. The van der Waals surface area contributed by atoms with Crippen LogP contribution in [0.5, 0.6) is 11.5 Å². The number of hydrogen-bond acceptors (Lipinski definition) is 4. The van der Waals surface area contributed by atoms with E-state index in [-0.39, 0.29) is 16.8 Å². The van der Waals surface area contributed by atoms with Crippen molar-refractivity contribution in [2.45, 2.75) is 6.18 Å². The summed E-state index contributed by atoms with van der Waals surface area (Å²) in [6, 6.07) is 8.92. The molecule has 1 N–H and O–H groups in total. The predicted molar refractivity (Wildman–Crippen MR) is 90.1 cm³/mol. The number of benzene rings is 2. The molecule has 0 aliphatic carbocycles. The molecule has 4 rings (SSSR count). The number of pyridine rings is 1. The van der Waals surface area contributed by atoms with Crippen molar-refractivity contribution in [1.82, 2.24) is 4.98 Å². The summed E-state index contributed by atoms with van der Waals surface area (Å²) < 4.78 is 49.9. The number of carboxylic acids is 1. The highest BCUT2D eigenvalue weighted by molar-refractivity contribution is 6.04. The molecule has 3 aromatic rings. The first-order chi connectivity index (χ1) is 12.8. The Labute approximate surface area is 151 Å². The highest BCUT2D eigenvalue weighted by Crippen LogP contribution is 2.37. The van der Waals surface area contributed by atoms with Gasteiger partial charge in [-0.2, -0.15) is 13.2 Å². The molecule has 0 spiro atoms. The van der Waals surface area contributed by atoms with Gasteiger partial charge in [-0.15, -0.1) is 0 Å². The molecule has 0 atom stereocenters. The lowest BCUT2D eigenvalue weighted by molar-refractivity contribution is -0.137. The molecule has 2 aromatic carbocycles. The summed E-state index contributed by atoms with van der Waals surface area (Å²) in [6.45, 7) is 0.689. The summed E-state index contributed by atoms with van der Waals surface area (Å²) >= 11 is 0. The third-order valence-electron chi connectivity index (χ3n) is 4.19. The molecule has 138 valence electrons. The number of fused-ring (bicyclic) bond motifs is 2. The van der Waals surface area contributed by atoms with E-state index < -0.39 is 17.7 Å². The van der Waals surface area contributed by atoms with E-state index >= 15 is 0 Å². The monoisotopic (exact) mass is 375 g/mol. The van der Waals surface area contributed by atoms with Crippen LogP contribution in [-0.2, 0) is 6.18 Å². The van der Waals surface area contributed by atoms with Crippen LogP contribution >= 0.6 is 0 Å². The standard InChI is InChI=1S/C19H12F3NO4/c20-19(21,22)11-3-1-2-10(6-11)14-7-13(18(24)25)12-8-16-17(9-15(12)23-14)27-5-4-26-16/h1-3,6-9H,4-5H2,(H,24,25). The van der Waals surface area contributed by atoms with Crippen molar-refractivity contribution in [3.8, 4) is 22.8 Å².